The van der Waals surface area contributed by atoms with Gasteiger partial charge in [0.25, 0.3) is 5.91 Å². The van der Waals surface area contributed by atoms with Gasteiger partial charge in [-0.2, -0.15) is 0 Å². The van der Waals surface area contributed by atoms with Crippen molar-refractivity contribution in [2.45, 2.75) is 26.7 Å². The van der Waals surface area contributed by atoms with E-state index in [2.05, 4.69) is 10.3 Å². The van der Waals surface area contributed by atoms with Gasteiger partial charge in [-0.15, -0.1) is 11.3 Å². The maximum Gasteiger partial charge on any atom is 0.254 e. The summed E-state index contributed by atoms with van der Waals surface area (Å²) in [4.78, 5) is 39.4. The molecule has 1 saturated heterocycles. The van der Waals surface area contributed by atoms with Gasteiger partial charge in [-0.25, -0.2) is 9.97 Å². The Labute approximate surface area is 197 Å². The van der Waals surface area contributed by atoms with Gasteiger partial charge in [-0.05, 0) is 37.6 Å². The van der Waals surface area contributed by atoms with Gasteiger partial charge in [0.2, 0.25) is 5.91 Å². The number of amides is 2. The molecule has 0 saturated carbocycles. The number of thiazole rings is 1. The lowest BCUT2D eigenvalue weighted by molar-refractivity contribution is -0.132. The van der Waals surface area contributed by atoms with Crippen LogP contribution in [0.25, 0.3) is 11.3 Å². The number of nitrogens with two attached hydrogens (primary N) is 1. The van der Waals surface area contributed by atoms with Crippen LogP contribution >= 0.6 is 11.3 Å². The molecule has 1 aliphatic heterocycles. The van der Waals surface area contributed by atoms with Gasteiger partial charge in [0.1, 0.15) is 5.82 Å². The van der Waals surface area contributed by atoms with Crippen molar-refractivity contribution in [1.29, 1.82) is 0 Å². The summed E-state index contributed by atoms with van der Waals surface area (Å²) in [5, 5.41) is 3.94. The minimum Gasteiger partial charge on any atom is -0.399 e. The summed E-state index contributed by atoms with van der Waals surface area (Å²) in [6.45, 7) is 6.12. The van der Waals surface area contributed by atoms with Crippen LogP contribution in [0.1, 0.15) is 35.0 Å². The topological polar surface area (TPSA) is 104 Å². The Hall–Kier alpha value is -3.46. The standard InChI is InChI=1S/C24H28N6O2S/c1-3-5-22(31)29-8-10-30(11-9-29)23(32)18-13-20(17-6-4-7-19(25)12-17)27-21(14-18)28-24-26-15-16(2)33-24/h4,6-7,12-15H,3,5,8-11,25H2,1-2H3,(H,26,27,28). The average Bonchev–Trinajstić information content (AvgIpc) is 3.23. The first-order valence-electron chi connectivity index (χ1n) is 11.1. The van der Waals surface area contributed by atoms with E-state index in [1.807, 2.05) is 43.0 Å². The summed E-state index contributed by atoms with van der Waals surface area (Å²) >= 11 is 1.52. The lowest BCUT2D eigenvalue weighted by atomic mass is 10.1. The van der Waals surface area contributed by atoms with E-state index in [0.29, 0.717) is 60.5 Å². The maximum absolute atomic E-state index is 13.4. The van der Waals surface area contributed by atoms with Crippen LogP contribution in [-0.2, 0) is 4.79 Å². The smallest absolute Gasteiger partial charge is 0.254 e. The number of nitrogens with zero attached hydrogens (tertiary/aromatic N) is 4. The monoisotopic (exact) mass is 464 g/mol. The number of aryl methyl sites for hydroxylation is 1. The zero-order chi connectivity index (χ0) is 23.4. The van der Waals surface area contributed by atoms with Gasteiger partial charge in [-0.3, -0.25) is 9.59 Å². The number of aromatic nitrogens is 2. The predicted molar refractivity (Wildman–Crippen MR) is 132 cm³/mol. The van der Waals surface area contributed by atoms with Crippen LogP contribution in [0, 0.1) is 6.92 Å². The molecule has 3 aromatic rings. The number of hydrogen-bond acceptors (Lipinski definition) is 7. The predicted octanol–water partition coefficient (Wildman–Crippen LogP) is 3.92. The second-order valence-electron chi connectivity index (χ2n) is 8.08. The van der Waals surface area contributed by atoms with Gasteiger partial charge in [-0.1, -0.05) is 19.1 Å². The number of carbonyl (C=O) groups excluding carboxylic acids is 2. The summed E-state index contributed by atoms with van der Waals surface area (Å²) in [5.41, 5.74) is 8.62. The van der Waals surface area contributed by atoms with Crippen LogP contribution in [0.2, 0.25) is 0 Å². The van der Waals surface area contributed by atoms with Crippen molar-refractivity contribution in [1.82, 2.24) is 19.8 Å². The number of benzene rings is 1. The largest absolute Gasteiger partial charge is 0.399 e. The highest BCUT2D eigenvalue weighted by Crippen LogP contribution is 2.27. The fourth-order valence-corrected chi connectivity index (χ4v) is 4.47. The molecule has 8 nitrogen and oxygen atoms in total. The van der Waals surface area contributed by atoms with Crippen molar-refractivity contribution >= 4 is 39.8 Å². The minimum atomic E-state index is -0.0801. The Balaban J connectivity index is 1.60. The molecule has 0 aliphatic carbocycles. The molecule has 0 spiro atoms. The number of carbonyl (C=O) groups is 2. The van der Waals surface area contributed by atoms with E-state index in [4.69, 9.17) is 10.7 Å². The Morgan fingerprint density at radius 2 is 1.88 bits per heavy atom. The Morgan fingerprint density at radius 1 is 1.12 bits per heavy atom. The van der Waals surface area contributed by atoms with Crippen LogP contribution < -0.4 is 11.1 Å². The summed E-state index contributed by atoms with van der Waals surface area (Å²) in [6, 6.07) is 11.0. The second kappa shape index (κ2) is 9.99. The summed E-state index contributed by atoms with van der Waals surface area (Å²) < 4.78 is 0. The van der Waals surface area contributed by atoms with E-state index in [1.165, 1.54) is 11.3 Å². The molecule has 2 aromatic heterocycles. The number of anilines is 3. The van der Waals surface area contributed by atoms with Crippen molar-refractivity contribution in [3.05, 3.63) is 53.0 Å². The van der Waals surface area contributed by atoms with Crippen molar-refractivity contribution in [2.75, 3.05) is 37.2 Å². The van der Waals surface area contributed by atoms with Crippen molar-refractivity contribution in [3.63, 3.8) is 0 Å². The first kappa shape index (κ1) is 22.7. The van der Waals surface area contributed by atoms with Crippen LogP contribution in [0.15, 0.2) is 42.6 Å². The highest BCUT2D eigenvalue weighted by atomic mass is 32.1. The molecule has 4 rings (SSSR count). The molecule has 0 bridgehead atoms. The molecule has 1 aromatic carbocycles. The SMILES string of the molecule is CCCC(=O)N1CCN(C(=O)c2cc(Nc3ncc(C)s3)nc(-c3cccc(N)c3)c2)CC1. The summed E-state index contributed by atoms with van der Waals surface area (Å²) in [6.07, 6.45) is 3.17. The lowest BCUT2D eigenvalue weighted by Gasteiger charge is -2.35. The van der Waals surface area contributed by atoms with E-state index < -0.39 is 0 Å². The molecule has 1 aliphatic rings. The Morgan fingerprint density at radius 3 is 2.55 bits per heavy atom. The van der Waals surface area contributed by atoms with Gasteiger partial charge in [0.05, 0.1) is 5.69 Å². The van der Waals surface area contributed by atoms with Gasteiger partial charge in [0.15, 0.2) is 5.13 Å². The zero-order valence-corrected chi connectivity index (χ0v) is 19.7. The molecule has 0 unspecified atom stereocenters. The van der Waals surface area contributed by atoms with Crippen LogP contribution in [0.3, 0.4) is 0 Å². The molecule has 0 atom stereocenters. The summed E-state index contributed by atoms with van der Waals surface area (Å²) in [7, 11) is 0. The molecule has 33 heavy (non-hydrogen) atoms. The first-order valence-corrected chi connectivity index (χ1v) is 11.9. The van der Waals surface area contributed by atoms with E-state index in [9.17, 15) is 9.59 Å². The van der Waals surface area contributed by atoms with Gasteiger partial charge < -0.3 is 20.9 Å². The van der Waals surface area contributed by atoms with Crippen molar-refractivity contribution < 1.29 is 9.59 Å². The van der Waals surface area contributed by atoms with Crippen LogP contribution in [0.5, 0.6) is 0 Å². The third-order valence-corrected chi connectivity index (χ3v) is 6.32. The van der Waals surface area contributed by atoms with Gasteiger partial charge in [0, 0.05) is 60.5 Å². The first-order chi connectivity index (χ1) is 15.9. The quantitative estimate of drug-likeness (QED) is 0.536. The van der Waals surface area contributed by atoms with Crippen molar-refractivity contribution in [3.8, 4) is 11.3 Å². The molecular weight excluding hydrogens is 436 g/mol. The number of piperazine rings is 1. The number of nitrogen functional groups attached to an aromatic ring is 1. The fraction of sp³-hybridized carbons (Fsp3) is 0.333. The van der Waals surface area contributed by atoms with E-state index in [1.54, 1.807) is 23.2 Å². The Kier molecular flexibility index (Phi) is 6.88. The average molecular weight is 465 g/mol. The second-order valence-corrected chi connectivity index (χ2v) is 9.31. The molecule has 9 heteroatoms. The maximum atomic E-state index is 13.4. The summed E-state index contributed by atoms with van der Waals surface area (Å²) in [5.74, 6) is 0.621. The molecule has 0 radical (unpaired) electrons. The fourth-order valence-electron chi connectivity index (χ4n) is 3.80. The Bertz CT molecular complexity index is 1150. The minimum absolute atomic E-state index is 0.0801. The van der Waals surface area contributed by atoms with Crippen LogP contribution in [0.4, 0.5) is 16.6 Å². The van der Waals surface area contributed by atoms with Gasteiger partial charge >= 0.3 is 0 Å². The lowest BCUT2D eigenvalue weighted by Crippen LogP contribution is -2.50. The molecule has 2 amide bonds. The third-order valence-electron chi connectivity index (χ3n) is 5.49. The molecule has 3 N–H and O–H groups in total. The number of pyridine rings is 1. The molecule has 1 fully saturated rings. The normalized spacial score (nSPS) is 13.8. The molecule has 3 heterocycles. The van der Waals surface area contributed by atoms with Crippen molar-refractivity contribution in [2.24, 2.45) is 0 Å². The van der Waals surface area contributed by atoms with E-state index >= 15 is 0 Å². The number of nitrogens with one attached hydrogen (secondary N) is 1. The molecule has 172 valence electrons. The highest BCUT2D eigenvalue weighted by Gasteiger charge is 2.25. The van der Waals surface area contributed by atoms with E-state index in [0.717, 1.165) is 16.9 Å². The van der Waals surface area contributed by atoms with E-state index in [-0.39, 0.29) is 11.8 Å². The number of hydrogen-bond donors (Lipinski definition) is 2. The number of rotatable bonds is 6. The highest BCUT2D eigenvalue weighted by molar-refractivity contribution is 7.15. The molecular formula is C24H28N6O2S. The van der Waals surface area contributed by atoms with Crippen LogP contribution in [-0.4, -0.2) is 57.8 Å². The zero-order valence-electron chi connectivity index (χ0n) is 18.9. The third kappa shape index (κ3) is 5.48.